The summed E-state index contributed by atoms with van der Waals surface area (Å²) >= 11 is 1.23. The van der Waals surface area contributed by atoms with E-state index in [0.29, 0.717) is 5.13 Å². The Morgan fingerprint density at radius 2 is 2.25 bits per heavy atom. The highest BCUT2D eigenvalue weighted by molar-refractivity contribution is 7.13. The summed E-state index contributed by atoms with van der Waals surface area (Å²) in [5.74, 6) is -0.327. The summed E-state index contributed by atoms with van der Waals surface area (Å²) in [6.45, 7) is -0.105. The van der Waals surface area contributed by atoms with Gasteiger partial charge in [-0.1, -0.05) is 11.3 Å². The molecule has 0 unspecified atom stereocenters. The van der Waals surface area contributed by atoms with Crippen molar-refractivity contribution in [2.75, 3.05) is 5.32 Å². The molecule has 104 valence electrons. The predicted molar refractivity (Wildman–Crippen MR) is 73.7 cm³/mol. The highest BCUT2D eigenvalue weighted by Crippen LogP contribution is 2.16. The number of nitrogens with zero attached hydrogens (tertiary/aromatic N) is 4. The lowest BCUT2D eigenvalue weighted by atomic mass is 9.97. The zero-order valence-corrected chi connectivity index (χ0v) is 11.5. The van der Waals surface area contributed by atoms with Crippen LogP contribution in [0.1, 0.15) is 24.1 Å². The number of carbonyl (C=O) groups is 1. The average molecular weight is 291 g/mol. The minimum Gasteiger partial charge on any atom is -0.299 e. The summed E-state index contributed by atoms with van der Waals surface area (Å²) in [5, 5.41) is 14.6. The summed E-state index contributed by atoms with van der Waals surface area (Å²) in [6.07, 6.45) is 3.94. The van der Waals surface area contributed by atoms with E-state index in [2.05, 4.69) is 20.6 Å². The van der Waals surface area contributed by atoms with Gasteiger partial charge in [0.1, 0.15) is 12.1 Å². The first-order valence-corrected chi connectivity index (χ1v) is 7.26. The molecule has 8 heteroatoms. The Morgan fingerprint density at radius 3 is 3.05 bits per heavy atom. The van der Waals surface area contributed by atoms with Gasteiger partial charge < -0.3 is 0 Å². The van der Waals surface area contributed by atoms with Gasteiger partial charge in [0.05, 0.1) is 5.69 Å². The van der Waals surface area contributed by atoms with Gasteiger partial charge in [-0.15, -0.1) is 10.2 Å². The second-order valence-corrected chi connectivity index (χ2v) is 5.44. The highest BCUT2D eigenvalue weighted by atomic mass is 32.1. The lowest BCUT2D eigenvalue weighted by Gasteiger charge is -2.15. The zero-order valence-electron chi connectivity index (χ0n) is 10.7. The Bertz CT molecular complexity index is 680. The Kier molecular flexibility index (Phi) is 3.55. The molecule has 7 nitrogen and oxygen atoms in total. The van der Waals surface area contributed by atoms with E-state index in [1.807, 2.05) is 0 Å². The smallest absolute Gasteiger partial charge is 0.267 e. The van der Waals surface area contributed by atoms with Gasteiger partial charge in [-0.05, 0) is 31.2 Å². The SMILES string of the molecule is O=C(Cn1nc2c(cc1=O)CCCC2)Nc1nncs1. The van der Waals surface area contributed by atoms with Crippen LogP contribution in [0.15, 0.2) is 16.4 Å². The van der Waals surface area contributed by atoms with Gasteiger partial charge in [0.2, 0.25) is 11.0 Å². The molecule has 1 aliphatic rings. The van der Waals surface area contributed by atoms with Crippen LogP contribution in [0.3, 0.4) is 0 Å². The third-order valence-corrected chi connectivity index (χ3v) is 3.78. The third-order valence-electron chi connectivity index (χ3n) is 3.17. The number of carbonyl (C=O) groups excluding carboxylic acids is 1. The molecule has 0 saturated carbocycles. The molecule has 0 aromatic carbocycles. The standard InChI is InChI=1S/C12H13N5O2S/c18-10(14-12-15-13-7-20-12)6-17-11(19)5-8-3-1-2-4-9(8)16-17/h5,7H,1-4,6H2,(H,14,15,18). The molecule has 3 rings (SSSR count). The van der Waals surface area contributed by atoms with Crippen molar-refractivity contribution in [2.24, 2.45) is 0 Å². The molecule has 2 heterocycles. The third kappa shape index (κ3) is 2.74. The van der Waals surface area contributed by atoms with Crippen molar-refractivity contribution in [3.05, 3.63) is 33.2 Å². The molecule has 0 aliphatic heterocycles. The van der Waals surface area contributed by atoms with Gasteiger partial charge in [0.15, 0.2) is 0 Å². The van der Waals surface area contributed by atoms with E-state index in [0.717, 1.165) is 36.9 Å². The Morgan fingerprint density at radius 1 is 1.40 bits per heavy atom. The lowest BCUT2D eigenvalue weighted by Crippen LogP contribution is -2.31. The lowest BCUT2D eigenvalue weighted by molar-refractivity contribution is -0.117. The minimum atomic E-state index is -0.327. The molecule has 2 aromatic heterocycles. The number of fused-ring (bicyclic) bond motifs is 1. The number of amides is 1. The van der Waals surface area contributed by atoms with E-state index < -0.39 is 0 Å². The first-order valence-electron chi connectivity index (χ1n) is 6.38. The first-order chi connectivity index (χ1) is 9.72. The van der Waals surface area contributed by atoms with Crippen LogP contribution in [0.2, 0.25) is 0 Å². The van der Waals surface area contributed by atoms with Crippen molar-refractivity contribution >= 4 is 22.4 Å². The first kappa shape index (κ1) is 12.9. The van der Waals surface area contributed by atoms with Gasteiger partial charge in [-0.2, -0.15) is 5.10 Å². The number of hydrogen-bond acceptors (Lipinski definition) is 6. The van der Waals surface area contributed by atoms with Crippen molar-refractivity contribution in [2.45, 2.75) is 32.2 Å². The van der Waals surface area contributed by atoms with E-state index in [4.69, 9.17) is 0 Å². The molecular formula is C12H13N5O2S. The van der Waals surface area contributed by atoms with Crippen LogP contribution in [0.25, 0.3) is 0 Å². The summed E-state index contributed by atoms with van der Waals surface area (Å²) in [5.41, 5.74) is 3.23. The van der Waals surface area contributed by atoms with Crippen LogP contribution >= 0.6 is 11.3 Å². The fraction of sp³-hybridized carbons (Fsp3) is 0.417. The number of aryl methyl sites for hydroxylation is 2. The van der Waals surface area contributed by atoms with Crippen molar-refractivity contribution in [1.29, 1.82) is 0 Å². The van der Waals surface area contributed by atoms with Gasteiger partial charge in [-0.3, -0.25) is 14.9 Å². The largest absolute Gasteiger partial charge is 0.299 e. The molecule has 0 bridgehead atoms. The second kappa shape index (κ2) is 5.49. The van der Waals surface area contributed by atoms with Crippen LogP contribution in [0.4, 0.5) is 5.13 Å². The summed E-state index contributed by atoms with van der Waals surface area (Å²) in [4.78, 5) is 23.8. The summed E-state index contributed by atoms with van der Waals surface area (Å²) in [7, 11) is 0. The normalized spacial score (nSPS) is 13.8. The maximum atomic E-state index is 11.9. The fourth-order valence-electron chi connectivity index (χ4n) is 2.24. The monoisotopic (exact) mass is 291 g/mol. The van der Waals surface area contributed by atoms with Crippen LogP contribution in [0.5, 0.6) is 0 Å². The minimum absolute atomic E-state index is 0.105. The second-order valence-electron chi connectivity index (χ2n) is 4.61. The molecule has 2 aromatic rings. The molecule has 20 heavy (non-hydrogen) atoms. The van der Waals surface area contributed by atoms with Gasteiger partial charge >= 0.3 is 0 Å². The van der Waals surface area contributed by atoms with Crippen LogP contribution in [-0.4, -0.2) is 25.9 Å². The summed E-state index contributed by atoms with van der Waals surface area (Å²) in [6, 6.07) is 1.60. The Labute approximate surface area is 118 Å². The molecule has 0 saturated heterocycles. The molecule has 0 radical (unpaired) electrons. The molecule has 1 aliphatic carbocycles. The fourth-order valence-corrected chi connectivity index (χ4v) is 2.70. The Hall–Kier alpha value is -2.09. The van der Waals surface area contributed by atoms with E-state index in [1.54, 1.807) is 6.07 Å². The van der Waals surface area contributed by atoms with Crippen molar-refractivity contribution in [3.8, 4) is 0 Å². The van der Waals surface area contributed by atoms with Crippen LogP contribution in [-0.2, 0) is 24.2 Å². The maximum absolute atomic E-state index is 11.9. The molecule has 1 N–H and O–H groups in total. The topological polar surface area (TPSA) is 89.8 Å². The quantitative estimate of drug-likeness (QED) is 0.895. The maximum Gasteiger partial charge on any atom is 0.267 e. The Balaban J connectivity index is 1.77. The van der Waals surface area contributed by atoms with E-state index in [-0.39, 0.29) is 18.0 Å². The van der Waals surface area contributed by atoms with E-state index in [1.165, 1.54) is 21.5 Å². The van der Waals surface area contributed by atoms with E-state index >= 15 is 0 Å². The number of nitrogens with one attached hydrogen (secondary N) is 1. The van der Waals surface area contributed by atoms with Crippen molar-refractivity contribution in [1.82, 2.24) is 20.0 Å². The van der Waals surface area contributed by atoms with Gasteiger partial charge in [0, 0.05) is 6.07 Å². The van der Waals surface area contributed by atoms with Crippen molar-refractivity contribution < 1.29 is 4.79 Å². The number of hydrogen-bond donors (Lipinski definition) is 1. The van der Waals surface area contributed by atoms with Crippen molar-refractivity contribution in [3.63, 3.8) is 0 Å². The zero-order chi connectivity index (χ0) is 13.9. The van der Waals surface area contributed by atoms with Crippen LogP contribution < -0.4 is 10.9 Å². The number of aromatic nitrogens is 4. The molecular weight excluding hydrogens is 278 g/mol. The average Bonchev–Trinajstić information content (AvgIpc) is 2.92. The predicted octanol–water partition coefficient (Wildman–Crippen LogP) is 0.612. The van der Waals surface area contributed by atoms with Gasteiger partial charge in [0.25, 0.3) is 5.56 Å². The number of anilines is 1. The van der Waals surface area contributed by atoms with Crippen LogP contribution in [0, 0.1) is 0 Å². The highest BCUT2D eigenvalue weighted by Gasteiger charge is 2.15. The van der Waals surface area contributed by atoms with Gasteiger partial charge in [-0.25, -0.2) is 4.68 Å². The molecule has 0 spiro atoms. The number of rotatable bonds is 3. The molecule has 0 atom stereocenters. The molecule has 1 amide bonds. The molecule has 0 fully saturated rings. The van der Waals surface area contributed by atoms with E-state index in [9.17, 15) is 9.59 Å². The summed E-state index contributed by atoms with van der Waals surface area (Å²) < 4.78 is 1.21.